The maximum atomic E-state index is 12.3. The van der Waals surface area contributed by atoms with Crippen LogP contribution in [0.5, 0.6) is 0 Å². The molecule has 0 atom stereocenters. The minimum absolute atomic E-state index is 0.00675. The SMILES string of the molecule is Cc1noc(C)c1CCC(=O)Nc1ccc(CN2CCN(Cc3ccccc3)CC2)cc1. The number of aryl methyl sites for hydroxylation is 2. The molecular formula is C26H32N4O2. The average Bonchev–Trinajstić information content (AvgIpc) is 3.13. The Morgan fingerprint density at radius 2 is 1.50 bits per heavy atom. The van der Waals surface area contributed by atoms with E-state index in [9.17, 15) is 4.79 Å². The number of piperazine rings is 1. The highest BCUT2D eigenvalue weighted by atomic mass is 16.5. The maximum Gasteiger partial charge on any atom is 0.224 e. The highest BCUT2D eigenvalue weighted by Gasteiger charge is 2.17. The molecule has 2 aromatic carbocycles. The lowest BCUT2D eigenvalue weighted by Gasteiger charge is -2.34. The Morgan fingerprint density at radius 3 is 2.06 bits per heavy atom. The molecule has 1 N–H and O–H groups in total. The van der Waals surface area contributed by atoms with Crippen molar-refractivity contribution < 1.29 is 9.32 Å². The van der Waals surface area contributed by atoms with Crippen LogP contribution < -0.4 is 5.32 Å². The molecule has 0 radical (unpaired) electrons. The largest absolute Gasteiger partial charge is 0.361 e. The van der Waals surface area contributed by atoms with Crippen molar-refractivity contribution in [1.82, 2.24) is 15.0 Å². The Labute approximate surface area is 190 Å². The van der Waals surface area contributed by atoms with Gasteiger partial charge in [0.25, 0.3) is 0 Å². The van der Waals surface area contributed by atoms with Crippen LogP contribution in [0.25, 0.3) is 0 Å². The Kier molecular flexibility index (Phi) is 7.35. The van der Waals surface area contributed by atoms with E-state index in [1.807, 2.05) is 26.0 Å². The van der Waals surface area contributed by atoms with E-state index in [1.54, 1.807) is 0 Å². The third-order valence-electron chi connectivity index (χ3n) is 6.14. The van der Waals surface area contributed by atoms with E-state index >= 15 is 0 Å². The fraction of sp³-hybridized carbons (Fsp3) is 0.385. The fourth-order valence-electron chi connectivity index (χ4n) is 4.22. The van der Waals surface area contributed by atoms with E-state index in [0.29, 0.717) is 12.8 Å². The molecule has 6 nitrogen and oxygen atoms in total. The van der Waals surface area contributed by atoms with Crippen molar-refractivity contribution in [1.29, 1.82) is 0 Å². The number of nitrogens with one attached hydrogen (secondary N) is 1. The predicted octanol–water partition coefficient (Wildman–Crippen LogP) is 4.18. The molecule has 1 fully saturated rings. The number of anilines is 1. The van der Waals surface area contributed by atoms with Crippen molar-refractivity contribution >= 4 is 11.6 Å². The van der Waals surface area contributed by atoms with E-state index in [1.165, 1.54) is 11.1 Å². The van der Waals surface area contributed by atoms with Gasteiger partial charge in [-0.05, 0) is 43.5 Å². The number of carbonyl (C=O) groups is 1. The summed E-state index contributed by atoms with van der Waals surface area (Å²) in [6.07, 6.45) is 1.05. The first-order chi connectivity index (χ1) is 15.6. The second kappa shape index (κ2) is 10.6. The number of amides is 1. The molecule has 0 spiro atoms. The molecule has 6 heteroatoms. The van der Waals surface area contributed by atoms with Crippen molar-refractivity contribution in [3.8, 4) is 0 Å². The van der Waals surface area contributed by atoms with Gasteiger partial charge in [0.1, 0.15) is 5.76 Å². The van der Waals surface area contributed by atoms with Gasteiger partial charge in [-0.15, -0.1) is 0 Å². The van der Waals surface area contributed by atoms with Crippen molar-refractivity contribution in [2.45, 2.75) is 39.8 Å². The summed E-state index contributed by atoms with van der Waals surface area (Å²) >= 11 is 0. The third-order valence-corrected chi connectivity index (χ3v) is 6.14. The first-order valence-corrected chi connectivity index (χ1v) is 11.4. The minimum Gasteiger partial charge on any atom is -0.361 e. The molecule has 1 aromatic heterocycles. The summed E-state index contributed by atoms with van der Waals surface area (Å²) in [5.74, 6) is 0.799. The number of carbonyl (C=O) groups excluding carboxylic acids is 1. The predicted molar refractivity (Wildman–Crippen MR) is 126 cm³/mol. The van der Waals surface area contributed by atoms with Crippen LogP contribution in [0, 0.1) is 13.8 Å². The molecule has 4 rings (SSSR count). The molecule has 1 saturated heterocycles. The van der Waals surface area contributed by atoms with Gasteiger partial charge in [0.15, 0.2) is 0 Å². The van der Waals surface area contributed by atoms with E-state index in [-0.39, 0.29) is 5.91 Å². The van der Waals surface area contributed by atoms with Crippen molar-refractivity contribution in [2.75, 3.05) is 31.5 Å². The third kappa shape index (κ3) is 6.05. The molecule has 3 aromatic rings. The van der Waals surface area contributed by atoms with Crippen molar-refractivity contribution in [2.24, 2.45) is 0 Å². The lowest BCUT2D eigenvalue weighted by atomic mass is 10.1. The molecular weight excluding hydrogens is 400 g/mol. The number of aromatic nitrogens is 1. The monoisotopic (exact) mass is 432 g/mol. The molecule has 0 unspecified atom stereocenters. The van der Waals surface area contributed by atoms with E-state index in [2.05, 4.69) is 62.7 Å². The summed E-state index contributed by atoms with van der Waals surface area (Å²) in [5.41, 5.74) is 5.38. The second-order valence-electron chi connectivity index (χ2n) is 8.59. The lowest BCUT2D eigenvalue weighted by Crippen LogP contribution is -2.45. The number of hydrogen-bond donors (Lipinski definition) is 1. The van der Waals surface area contributed by atoms with Crippen LogP contribution in [-0.2, 0) is 24.3 Å². The van der Waals surface area contributed by atoms with Gasteiger partial charge < -0.3 is 9.84 Å². The van der Waals surface area contributed by atoms with Gasteiger partial charge >= 0.3 is 0 Å². The molecule has 32 heavy (non-hydrogen) atoms. The first kappa shape index (κ1) is 22.2. The van der Waals surface area contributed by atoms with Crippen LogP contribution in [0.3, 0.4) is 0 Å². The quantitative estimate of drug-likeness (QED) is 0.579. The van der Waals surface area contributed by atoms with Crippen molar-refractivity contribution in [3.63, 3.8) is 0 Å². The summed E-state index contributed by atoms with van der Waals surface area (Å²) in [6, 6.07) is 18.9. The average molecular weight is 433 g/mol. The van der Waals surface area contributed by atoms with Gasteiger partial charge in [-0.1, -0.05) is 47.6 Å². The van der Waals surface area contributed by atoms with Gasteiger partial charge in [-0.25, -0.2) is 0 Å². The van der Waals surface area contributed by atoms with E-state index < -0.39 is 0 Å². The van der Waals surface area contributed by atoms with Crippen LogP contribution >= 0.6 is 0 Å². The molecule has 0 aliphatic carbocycles. The van der Waals surface area contributed by atoms with Crippen LogP contribution in [0.1, 0.15) is 34.6 Å². The first-order valence-electron chi connectivity index (χ1n) is 11.4. The van der Waals surface area contributed by atoms with Crippen LogP contribution in [-0.4, -0.2) is 47.0 Å². The van der Waals surface area contributed by atoms with Crippen molar-refractivity contribution in [3.05, 3.63) is 82.7 Å². The zero-order valence-corrected chi connectivity index (χ0v) is 19.0. The standard InChI is InChI=1S/C26H32N4O2/c1-20-25(21(2)32-28-20)12-13-26(31)27-24-10-8-23(9-11-24)19-30-16-14-29(15-17-30)18-22-6-4-3-5-7-22/h3-11H,12-19H2,1-2H3,(H,27,31). The van der Waals surface area contributed by atoms with Crippen LogP contribution in [0.2, 0.25) is 0 Å². The van der Waals surface area contributed by atoms with Gasteiger partial charge in [-0.3, -0.25) is 14.6 Å². The molecule has 1 aliphatic rings. The van der Waals surface area contributed by atoms with Gasteiger partial charge in [0.05, 0.1) is 5.69 Å². The second-order valence-corrected chi connectivity index (χ2v) is 8.59. The summed E-state index contributed by atoms with van der Waals surface area (Å²) in [4.78, 5) is 17.3. The topological polar surface area (TPSA) is 61.6 Å². The van der Waals surface area contributed by atoms with Gasteiger partial charge in [0.2, 0.25) is 5.91 Å². The van der Waals surface area contributed by atoms with E-state index in [0.717, 1.165) is 62.0 Å². The molecule has 0 saturated carbocycles. The number of rotatable bonds is 8. The number of nitrogens with zero attached hydrogens (tertiary/aromatic N) is 3. The Balaban J connectivity index is 1.20. The molecule has 1 amide bonds. The highest BCUT2D eigenvalue weighted by molar-refractivity contribution is 5.90. The molecule has 0 bridgehead atoms. The van der Waals surface area contributed by atoms with E-state index in [4.69, 9.17) is 4.52 Å². The minimum atomic E-state index is 0.00675. The van der Waals surface area contributed by atoms with Gasteiger partial charge in [0, 0.05) is 56.9 Å². The zero-order chi connectivity index (χ0) is 22.3. The smallest absolute Gasteiger partial charge is 0.224 e. The molecule has 168 valence electrons. The fourth-order valence-corrected chi connectivity index (χ4v) is 4.22. The highest BCUT2D eigenvalue weighted by Crippen LogP contribution is 2.17. The summed E-state index contributed by atoms with van der Waals surface area (Å²) in [5, 5.41) is 6.94. The Morgan fingerprint density at radius 1 is 0.906 bits per heavy atom. The molecule has 2 heterocycles. The number of benzene rings is 2. The summed E-state index contributed by atoms with van der Waals surface area (Å²) in [6.45, 7) is 10.1. The Bertz CT molecular complexity index is 987. The van der Waals surface area contributed by atoms with Crippen LogP contribution in [0.4, 0.5) is 5.69 Å². The normalized spacial score (nSPS) is 15.1. The summed E-state index contributed by atoms with van der Waals surface area (Å²) in [7, 11) is 0. The zero-order valence-electron chi connectivity index (χ0n) is 19.0. The summed E-state index contributed by atoms with van der Waals surface area (Å²) < 4.78 is 5.17. The maximum absolute atomic E-state index is 12.3. The number of hydrogen-bond acceptors (Lipinski definition) is 5. The molecule has 1 aliphatic heterocycles. The Hall–Kier alpha value is -2.96. The van der Waals surface area contributed by atoms with Gasteiger partial charge in [-0.2, -0.15) is 0 Å². The lowest BCUT2D eigenvalue weighted by molar-refractivity contribution is -0.116. The van der Waals surface area contributed by atoms with Crippen LogP contribution in [0.15, 0.2) is 59.1 Å².